The Morgan fingerprint density at radius 1 is 1.00 bits per heavy atom. The third-order valence-electron chi connectivity index (χ3n) is 5.87. The van der Waals surface area contributed by atoms with E-state index in [4.69, 9.17) is 0 Å². The van der Waals surface area contributed by atoms with Crippen LogP contribution in [-0.4, -0.2) is 55.6 Å². The van der Waals surface area contributed by atoms with Gasteiger partial charge in [0.2, 0.25) is 15.9 Å². The van der Waals surface area contributed by atoms with Gasteiger partial charge in [-0.15, -0.1) is 11.3 Å². The van der Waals surface area contributed by atoms with E-state index in [-0.39, 0.29) is 22.6 Å². The summed E-state index contributed by atoms with van der Waals surface area (Å²) in [6.07, 6.45) is 4.26. The standard InChI is InChI=1S/C22H27N3O4S2/c26-21(17-7-5-11-24(16-17)22(27)20-10-6-14-30-20)23-18-8-4-9-19(15-18)31(28,29)25-12-2-1-3-13-25/h4,6,8-10,14-15,17H,1-3,5,7,11-13,16H2,(H,23,26)/t17-/m0/s1. The highest BCUT2D eigenvalue weighted by atomic mass is 32.2. The molecule has 9 heteroatoms. The molecule has 31 heavy (non-hydrogen) atoms. The maximum Gasteiger partial charge on any atom is 0.263 e. The van der Waals surface area contributed by atoms with Crippen molar-refractivity contribution in [1.29, 1.82) is 0 Å². The molecule has 2 aromatic rings. The van der Waals surface area contributed by atoms with Gasteiger partial charge >= 0.3 is 0 Å². The van der Waals surface area contributed by atoms with Gasteiger partial charge < -0.3 is 10.2 Å². The van der Waals surface area contributed by atoms with Gasteiger partial charge in [0.05, 0.1) is 15.7 Å². The fourth-order valence-electron chi connectivity index (χ4n) is 4.16. The van der Waals surface area contributed by atoms with Gasteiger partial charge in [0, 0.05) is 31.9 Å². The Bertz CT molecular complexity index is 1030. The minimum absolute atomic E-state index is 0.0397. The van der Waals surface area contributed by atoms with Gasteiger partial charge in [-0.05, 0) is 55.3 Å². The van der Waals surface area contributed by atoms with Crippen LogP contribution in [0.3, 0.4) is 0 Å². The predicted octanol–water partition coefficient (Wildman–Crippen LogP) is 3.41. The highest BCUT2D eigenvalue weighted by Crippen LogP contribution is 2.25. The number of nitrogens with zero attached hydrogens (tertiary/aromatic N) is 2. The summed E-state index contributed by atoms with van der Waals surface area (Å²) < 4.78 is 27.4. The quantitative estimate of drug-likeness (QED) is 0.739. The second-order valence-corrected chi connectivity index (χ2v) is 10.9. The van der Waals surface area contributed by atoms with Gasteiger partial charge in [-0.1, -0.05) is 18.6 Å². The second-order valence-electron chi connectivity index (χ2n) is 8.05. The third-order valence-corrected chi connectivity index (χ3v) is 8.62. The van der Waals surface area contributed by atoms with Crippen molar-refractivity contribution in [3.8, 4) is 0 Å². The molecule has 0 spiro atoms. The molecule has 0 unspecified atom stereocenters. The number of anilines is 1. The van der Waals surface area contributed by atoms with Crippen LogP contribution in [0.2, 0.25) is 0 Å². The first kappa shape index (κ1) is 22.0. The van der Waals surface area contributed by atoms with E-state index in [1.54, 1.807) is 29.2 Å². The maximum absolute atomic E-state index is 12.9. The van der Waals surface area contributed by atoms with Crippen LogP contribution in [0.4, 0.5) is 5.69 Å². The van der Waals surface area contributed by atoms with Crippen LogP contribution in [-0.2, 0) is 14.8 Å². The average molecular weight is 462 g/mol. The molecule has 3 heterocycles. The molecule has 0 bridgehead atoms. The van der Waals surface area contributed by atoms with Crippen LogP contribution in [0.15, 0.2) is 46.7 Å². The molecule has 4 rings (SSSR count). The van der Waals surface area contributed by atoms with Gasteiger partial charge in [-0.3, -0.25) is 9.59 Å². The SMILES string of the molecule is O=C(Nc1cccc(S(=O)(=O)N2CCCCC2)c1)[C@H]1CCCN(C(=O)c2cccs2)C1. The number of sulfonamides is 1. The first-order valence-corrected chi connectivity index (χ1v) is 13.0. The summed E-state index contributed by atoms with van der Waals surface area (Å²) in [4.78, 5) is 28.1. The highest BCUT2D eigenvalue weighted by Gasteiger charge is 2.30. The number of carbonyl (C=O) groups is 2. The van der Waals surface area contributed by atoms with E-state index < -0.39 is 10.0 Å². The van der Waals surface area contributed by atoms with Crippen molar-refractivity contribution in [2.75, 3.05) is 31.5 Å². The van der Waals surface area contributed by atoms with Crippen molar-refractivity contribution < 1.29 is 18.0 Å². The summed E-state index contributed by atoms with van der Waals surface area (Å²) in [6.45, 7) is 2.09. The van der Waals surface area contributed by atoms with Crippen LogP contribution in [0.25, 0.3) is 0 Å². The molecule has 2 aliphatic rings. The molecular formula is C22H27N3O4S2. The molecule has 0 saturated carbocycles. The summed E-state index contributed by atoms with van der Waals surface area (Å²) in [5.41, 5.74) is 0.463. The van der Waals surface area contributed by atoms with E-state index in [1.807, 2.05) is 11.4 Å². The topological polar surface area (TPSA) is 86.8 Å². The largest absolute Gasteiger partial charge is 0.337 e. The Labute approximate surface area is 187 Å². The number of benzene rings is 1. The van der Waals surface area contributed by atoms with E-state index in [0.29, 0.717) is 43.2 Å². The monoisotopic (exact) mass is 461 g/mol. The van der Waals surface area contributed by atoms with E-state index in [0.717, 1.165) is 25.7 Å². The Hall–Kier alpha value is -2.23. The Morgan fingerprint density at radius 3 is 2.55 bits per heavy atom. The summed E-state index contributed by atoms with van der Waals surface area (Å²) >= 11 is 1.40. The molecule has 0 radical (unpaired) electrons. The predicted molar refractivity (Wildman–Crippen MR) is 121 cm³/mol. The van der Waals surface area contributed by atoms with Crippen molar-refractivity contribution in [1.82, 2.24) is 9.21 Å². The van der Waals surface area contributed by atoms with E-state index in [2.05, 4.69) is 5.32 Å². The lowest BCUT2D eigenvalue weighted by Gasteiger charge is -2.31. The molecule has 0 aliphatic carbocycles. The maximum atomic E-state index is 12.9. The first-order valence-electron chi connectivity index (χ1n) is 10.7. The zero-order valence-corrected chi connectivity index (χ0v) is 19.0. The summed E-state index contributed by atoms with van der Waals surface area (Å²) in [5.74, 6) is -0.543. The second kappa shape index (κ2) is 9.50. The van der Waals surface area contributed by atoms with Crippen molar-refractivity contribution in [3.05, 3.63) is 46.7 Å². The van der Waals surface area contributed by atoms with Crippen LogP contribution >= 0.6 is 11.3 Å². The summed E-state index contributed by atoms with van der Waals surface area (Å²) in [7, 11) is -3.56. The van der Waals surface area contributed by atoms with Crippen LogP contribution in [0, 0.1) is 5.92 Å². The van der Waals surface area contributed by atoms with Crippen molar-refractivity contribution in [3.63, 3.8) is 0 Å². The fourth-order valence-corrected chi connectivity index (χ4v) is 6.42. The molecule has 166 valence electrons. The number of piperidine rings is 2. The Morgan fingerprint density at radius 2 is 1.81 bits per heavy atom. The van der Waals surface area contributed by atoms with Crippen molar-refractivity contribution in [2.45, 2.75) is 37.0 Å². The number of rotatable bonds is 5. The number of likely N-dealkylation sites (tertiary alicyclic amines) is 1. The van der Waals surface area contributed by atoms with E-state index in [9.17, 15) is 18.0 Å². The number of thiophene rings is 1. The first-order chi connectivity index (χ1) is 14.9. The van der Waals surface area contributed by atoms with Gasteiger partial charge in [0.15, 0.2) is 0 Å². The van der Waals surface area contributed by atoms with Gasteiger partial charge in [-0.2, -0.15) is 4.31 Å². The number of hydrogen-bond donors (Lipinski definition) is 1. The molecular weight excluding hydrogens is 434 g/mol. The molecule has 1 aromatic carbocycles. The molecule has 2 aliphatic heterocycles. The van der Waals surface area contributed by atoms with Gasteiger partial charge in [0.25, 0.3) is 5.91 Å². The van der Waals surface area contributed by atoms with E-state index in [1.165, 1.54) is 21.7 Å². The lowest BCUT2D eigenvalue weighted by Crippen LogP contribution is -2.43. The highest BCUT2D eigenvalue weighted by molar-refractivity contribution is 7.89. The summed E-state index contributed by atoms with van der Waals surface area (Å²) in [6, 6.07) is 10.1. The van der Waals surface area contributed by atoms with Crippen LogP contribution in [0.1, 0.15) is 41.8 Å². The molecule has 1 aromatic heterocycles. The molecule has 1 N–H and O–H groups in total. The van der Waals surface area contributed by atoms with Crippen LogP contribution in [0.5, 0.6) is 0 Å². The van der Waals surface area contributed by atoms with Gasteiger partial charge in [0.1, 0.15) is 0 Å². The van der Waals surface area contributed by atoms with Crippen molar-refractivity contribution >= 4 is 38.9 Å². The molecule has 7 nitrogen and oxygen atoms in total. The lowest BCUT2D eigenvalue weighted by atomic mass is 9.97. The molecule has 2 fully saturated rings. The Kier molecular flexibility index (Phi) is 6.74. The Balaban J connectivity index is 1.42. The number of amides is 2. The lowest BCUT2D eigenvalue weighted by molar-refractivity contribution is -0.121. The molecule has 2 saturated heterocycles. The normalized spacial score (nSPS) is 20.4. The zero-order chi connectivity index (χ0) is 21.8. The molecule has 1 atom stereocenters. The van der Waals surface area contributed by atoms with Gasteiger partial charge in [-0.25, -0.2) is 8.42 Å². The smallest absolute Gasteiger partial charge is 0.263 e. The number of hydrogen-bond acceptors (Lipinski definition) is 5. The number of nitrogens with one attached hydrogen (secondary N) is 1. The van der Waals surface area contributed by atoms with E-state index >= 15 is 0 Å². The zero-order valence-electron chi connectivity index (χ0n) is 17.3. The number of carbonyl (C=O) groups excluding carboxylic acids is 2. The summed E-state index contributed by atoms with van der Waals surface area (Å²) in [5, 5.41) is 4.73. The van der Waals surface area contributed by atoms with Crippen molar-refractivity contribution in [2.24, 2.45) is 5.92 Å². The average Bonchev–Trinajstić information content (AvgIpc) is 3.34. The molecule has 2 amide bonds. The third kappa shape index (κ3) is 4.99. The minimum atomic E-state index is -3.56. The fraction of sp³-hybridized carbons (Fsp3) is 0.455. The van der Waals surface area contributed by atoms with Crippen LogP contribution < -0.4 is 5.32 Å². The minimum Gasteiger partial charge on any atom is -0.337 e.